The van der Waals surface area contributed by atoms with E-state index >= 15 is 0 Å². The zero-order valence-electron chi connectivity index (χ0n) is 11.2. The Morgan fingerprint density at radius 2 is 2.20 bits per heavy atom. The van der Waals surface area contributed by atoms with Crippen LogP contribution < -0.4 is 10.5 Å². The Bertz CT molecular complexity index is 653. The predicted octanol–water partition coefficient (Wildman–Crippen LogP) is 1.42. The van der Waals surface area contributed by atoms with Crippen molar-refractivity contribution in [1.29, 1.82) is 0 Å². The van der Waals surface area contributed by atoms with Crippen molar-refractivity contribution in [3.8, 4) is 0 Å². The van der Waals surface area contributed by atoms with Crippen molar-refractivity contribution in [3.05, 3.63) is 42.7 Å². The van der Waals surface area contributed by atoms with Crippen molar-refractivity contribution in [1.82, 2.24) is 9.78 Å². The number of aromatic nitrogens is 2. The number of primary sulfonamides is 1. The number of nitrogens with one attached hydrogen (secondary N) is 1. The van der Waals surface area contributed by atoms with E-state index in [-0.39, 0.29) is 10.9 Å². The van der Waals surface area contributed by atoms with Gasteiger partial charge in [0.1, 0.15) is 0 Å². The topological polar surface area (TPSA) is 90.0 Å². The van der Waals surface area contributed by atoms with Gasteiger partial charge in [-0.15, -0.1) is 0 Å². The highest BCUT2D eigenvalue weighted by molar-refractivity contribution is 7.89. The van der Waals surface area contributed by atoms with E-state index in [1.807, 2.05) is 29.9 Å². The second kappa shape index (κ2) is 6.06. The fourth-order valence-electron chi connectivity index (χ4n) is 1.88. The first-order chi connectivity index (χ1) is 9.45. The molecule has 1 aromatic carbocycles. The lowest BCUT2D eigenvalue weighted by Crippen LogP contribution is -2.18. The maximum Gasteiger partial charge on any atom is 0.238 e. The molecule has 2 aromatic rings. The third kappa shape index (κ3) is 4.07. The van der Waals surface area contributed by atoms with Gasteiger partial charge in [-0.05, 0) is 37.6 Å². The van der Waals surface area contributed by atoms with Crippen LogP contribution in [0.1, 0.15) is 13.3 Å². The maximum atomic E-state index is 11.3. The van der Waals surface area contributed by atoms with E-state index in [1.54, 1.807) is 18.3 Å². The fraction of sp³-hybridized carbons (Fsp3) is 0.308. The van der Waals surface area contributed by atoms with Crippen molar-refractivity contribution in [2.75, 3.05) is 5.32 Å². The summed E-state index contributed by atoms with van der Waals surface area (Å²) in [6.07, 6.45) is 4.53. The molecule has 0 saturated carbocycles. The quantitative estimate of drug-likeness (QED) is 0.843. The number of nitrogens with zero attached hydrogens (tertiary/aromatic N) is 2. The smallest absolute Gasteiger partial charge is 0.238 e. The van der Waals surface area contributed by atoms with Crippen LogP contribution in [0.2, 0.25) is 0 Å². The minimum Gasteiger partial charge on any atom is -0.382 e. The van der Waals surface area contributed by atoms with Crippen LogP contribution in [0, 0.1) is 0 Å². The largest absolute Gasteiger partial charge is 0.382 e. The van der Waals surface area contributed by atoms with Crippen LogP contribution in [0.3, 0.4) is 0 Å². The molecular formula is C13H18N4O2S. The molecule has 0 spiro atoms. The molecule has 1 aromatic heterocycles. The monoisotopic (exact) mass is 294 g/mol. The van der Waals surface area contributed by atoms with Crippen molar-refractivity contribution < 1.29 is 8.42 Å². The Morgan fingerprint density at radius 3 is 2.85 bits per heavy atom. The summed E-state index contributed by atoms with van der Waals surface area (Å²) in [6.45, 7) is 2.84. The number of rotatable bonds is 6. The highest BCUT2D eigenvalue weighted by Gasteiger charge is 2.09. The van der Waals surface area contributed by atoms with Crippen LogP contribution in [0.5, 0.6) is 0 Å². The Morgan fingerprint density at radius 1 is 1.40 bits per heavy atom. The highest BCUT2D eigenvalue weighted by Crippen LogP contribution is 2.15. The molecule has 20 heavy (non-hydrogen) atoms. The van der Waals surface area contributed by atoms with E-state index in [2.05, 4.69) is 10.4 Å². The van der Waals surface area contributed by atoms with Gasteiger partial charge in [-0.25, -0.2) is 13.6 Å². The van der Waals surface area contributed by atoms with Crippen molar-refractivity contribution >= 4 is 15.7 Å². The highest BCUT2D eigenvalue weighted by atomic mass is 32.2. The van der Waals surface area contributed by atoms with Crippen LogP contribution in [0.25, 0.3) is 0 Å². The summed E-state index contributed by atoms with van der Waals surface area (Å²) >= 11 is 0. The zero-order chi connectivity index (χ0) is 14.6. The molecule has 0 aliphatic rings. The summed E-state index contributed by atoms with van der Waals surface area (Å²) in [7, 11) is -3.66. The lowest BCUT2D eigenvalue weighted by Gasteiger charge is -2.15. The zero-order valence-corrected chi connectivity index (χ0v) is 12.0. The van der Waals surface area contributed by atoms with E-state index in [4.69, 9.17) is 5.14 Å². The van der Waals surface area contributed by atoms with E-state index < -0.39 is 10.0 Å². The first-order valence-corrected chi connectivity index (χ1v) is 7.86. The first-order valence-electron chi connectivity index (χ1n) is 6.32. The minimum absolute atomic E-state index is 0.113. The number of benzene rings is 1. The molecule has 6 nitrogen and oxygen atoms in total. The lowest BCUT2D eigenvalue weighted by molar-refractivity contribution is 0.545. The van der Waals surface area contributed by atoms with Gasteiger partial charge in [0.2, 0.25) is 10.0 Å². The standard InChI is InChI=1S/C13H18N4O2S/c1-11(6-9-17-8-3-7-15-17)16-12-4-2-5-13(10-12)20(14,18)19/h2-5,7-8,10-11,16H,6,9H2,1H3,(H2,14,18,19)/t11-/m0/s1. The molecule has 0 saturated heterocycles. The molecule has 0 unspecified atom stereocenters. The normalized spacial score (nSPS) is 13.1. The van der Waals surface area contributed by atoms with Crippen LogP contribution in [-0.2, 0) is 16.6 Å². The molecule has 3 N–H and O–H groups in total. The van der Waals surface area contributed by atoms with E-state index in [1.165, 1.54) is 6.07 Å². The third-order valence-corrected chi connectivity index (χ3v) is 3.84. The number of sulfonamides is 1. The molecule has 0 fully saturated rings. The molecule has 0 radical (unpaired) electrons. The first kappa shape index (κ1) is 14.5. The Hall–Kier alpha value is -1.86. The molecule has 108 valence electrons. The molecule has 1 heterocycles. The fourth-order valence-corrected chi connectivity index (χ4v) is 2.44. The van der Waals surface area contributed by atoms with Crippen molar-refractivity contribution in [3.63, 3.8) is 0 Å². The van der Waals surface area contributed by atoms with Crippen LogP contribution >= 0.6 is 0 Å². The number of hydrogen-bond donors (Lipinski definition) is 2. The third-order valence-electron chi connectivity index (χ3n) is 2.93. The summed E-state index contributed by atoms with van der Waals surface area (Å²) in [5.74, 6) is 0. The molecule has 0 bridgehead atoms. The van der Waals surface area contributed by atoms with Crippen molar-refractivity contribution in [2.45, 2.75) is 30.8 Å². The van der Waals surface area contributed by atoms with E-state index in [0.29, 0.717) is 0 Å². The van der Waals surface area contributed by atoms with E-state index in [9.17, 15) is 8.42 Å². The Labute approximate surface area is 118 Å². The van der Waals surface area contributed by atoms with Gasteiger partial charge < -0.3 is 5.32 Å². The molecule has 1 atom stereocenters. The molecule has 0 amide bonds. The van der Waals surface area contributed by atoms with Gasteiger partial charge in [0, 0.05) is 30.7 Å². The summed E-state index contributed by atoms with van der Waals surface area (Å²) in [5.41, 5.74) is 0.740. The number of aryl methyl sites for hydroxylation is 1. The van der Waals surface area contributed by atoms with Gasteiger partial charge in [0.25, 0.3) is 0 Å². The van der Waals surface area contributed by atoms with Gasteiger partial charge in [-0.2, -0.15) is 5.10 Å². The second-order valence-corrected chi connectivity index (χ2v) is 6.24. The molecule has 0 aliphatic carbocycles. The van der Waals surface area contributed by atoms with Gasteiger partial charge in [-0.1, -0.05) is 6.07 Å². The second-order valence-electron chi connectivity index (χ2n) is 4.68. The van der Waals surface area contributed by atoms with Gasteiger partial charge in [0.05, 0.1) is 4.90 Å². The predicted molar refractivity (Wildman–Crippen MR) is 77.7 cm³/mol. The number of anilines is 1. The van der Waals surface area contributed by atoms with Crippen LogP contribution in [0.4, 0.5) is 5.69 Å². The summed E-state index contributed by atoms with van der Waals surface area (Å²) in [4.78, 5) is 0.113. The summed E-state index contributed by atoms with van der Waals surface area (Å²) in [6, 6.07) is 8.58. The van der Waals surface area contributed by atoms with Gasteiger partial charge in [0.15, 0.2) is 0 Å². The molecule has 0 aliphatic heterocycles. The lowest BCUT2D eigenvalue weighted by atomic mass is 10.2. The minimum atomic E-state index is -3.66. The van der Waals surface area contributed by atoms with Crippen LogP contribution in [-0.4, -0.2) is 24.2 Å². The SMILES string of the molecule is C[C@@H](CCn1cccn1)Nc1cccc(S(N)(=O)=O)c1. The number of nitrogens with two attached hydrogens (primary N) is 1. The van der Waals surface area contributed by atoms with Crippen LogP contribution in [0.15, 0.2) is 47.6 Å². The average molecular weight is 294 g/mol. The molecule has 7 heteroatoms. The van der Waals surface area contributed by atoms with Crippen molar-refractivity contribution in [2.24, 2.45) is 5.14 Å². The average Bonchev–Trinajstić information content (AvgIpc) is 2.89. The molecular weight excluding hydrogens is 276 g/mol. The maximum absolute atomic E-state index is 11.3. The Balaban J connectivity index is 1.95. The summed E-state index contributed by atoms with van der Waals surface area (Å²) in [5, 5.41) is 12.5. The molecule has 2 rings (SSSR count). The number of hydrogen-bond acceptors (Lipinski definition) is 4. The van der Waals surface area contributed by atoms with Gasteiger partial charge in [-0.3, -0.25) is 4.68 Å². The Kier molecular flexibility index (Phi) is 4.41. The van der Waals surface area contributed by atoms with Gasteiger partial charge >= 0.3 is 0 Å². The summed E-state index contributed by atoms with van der Waals surface area (Å²) < 4.78 is 24.4. The van der Waals surface area contributed by atoms with E-state index in [0.717, 1.165) is 18.7 Å².